The third-order valence-corrected chi connectivity index (χ3v) is 3.32. The quantitative estimate of drug-likeness (QED) is 0.719. The van der Waals surface area contributed by atoms with Gasteiger partial charge in [0, 0.05) is 24.3 Å². The molecule has 0 aromatic carbocycles. The number of aliphatic hydroxyl groups is 1. The van der Waals surface area contributed by atoms with Crippen molar-refractivity contribution in [2.45, 2.75) is 32.0 Å². The van der Waals surface area contributed by atoms with Crippen molar-refractivity contribution in [3.8, 4) is 0 Å². The first-order valence-electron chi connectivity index (χ1n) is 4.73. The first-order valence-corrected chi connectivity index (χ1v) is 5.55. The Labute approximate surface area is 86.7 Å². The summed E-state index contributed by atoms with van der Waals surface area (Å²) in [6.45, 7) is 2.41. The fourth-order valence-corrected chi connectivity index (χ4v) is 2.75. The molecule has 1 unspecified atom stereocenters. The number of aryl methyl sites for hydroxylation is 1. The first-order chi connectivity index (χ1) is 6.63. The molecule has 4 nitrogen and oxygen atoms in total. The molecule has 1 aromatic heterocycles. The highest BCUT2D eigenvalue weighted by molar-refractivity contribution is 7.15. The third-order valence-electron chi connectivity index (χ3n) is 2.40. The van der Waals surface area contributed by atoms with Crippen LogP contribution in [0.25, 0.3) is 0 Å². The molecule has 14 heavy (non-hydrogen) atoms. The number of anilines is 1. The van der Waals surface area contributed by atoms with E-state index in [0.29, 0.717) is 24.6 Å². The molecule has 1 atom stereocenters. The van der Waals surface area contributed by atoms with Gasteiger partial charge in [0.25, 0.3) is 0 Å². The topological polar surface area (TPSA) is 68.4 Å². The van der Waals surface area contributed by atoms with Gasteiger partial charge < -0.3 is 15.6 Å². The lowest BCUT2D eigenvalue weighted by Gasteiger charge is -2.30. The van der Waals surface area contributed by atoms with E-state index in [2.05, 4.69) is 4.98 Å². The number of ether oxygens (including phenoxy) is 1. The number of nitrogen functional groups attached to an aromatic ring is 1. The van der Waals surface area contributed by atoms with E-state index in [-0.39, 0.29) is 0 Å². The summed E-state index contributed by atoms with van der Waals surface area (Å²) >= 11 is 1.45. The van der Waals surface area contributed by atoms with Crippen molar-refractivity contribution < 1.29 is 9.84 Å². The Morgan fingerprint density at radius 1 is 1.71 bits per heavy atom. The molecule has 0 bridgehead atoms. The second kappa shape index (κ2) is 3.49. The predicted molar refractivity (Wildman–Crippen MR) is 55.1 cm³/mol. The molecule has 1 aliphatic rings. The van der Waals surface area contributed by atoms with Crippen LogP contribution in [0.3, 0.4) is 0 Å². The van der Waals surface area contributed by atoms with E-state index in [1.54, 1.807) is 0 Å². The molecule has 78 valence electrons. The highest BCUT2D eigenvalue weighted by Crippen LogP contribution is 2.33. The Hall–Kier alpha value is -0.650. The number of nitrogens with zero attached hydrogens (tertiary/aromatic N) is 1. The van der Waals surface area contributed by atoms with E-state index in [1.165, 1.54) is 11.3 Å². The normalized spacial score (nSPS) is 26.1. The average Bonchev–Trinajstić information content (AvgIpc) is 2.44. The monoisotopic (exact) mass is 214 g/mol. The van der Waals surface area contributed by atoms with Crippen LogP contribution in [0, 0.1) is 0 Å². The fourth-order valence-electron chi connectivity index (χ4n) is 1.78. The number of hydrogen-bond donors (Lipinski definition) is 2. The van der Waals surface area contributed by atoms with Crippen molar-refractivity contribution in [1.82, 2.24) is 4.98 Å². The summed E-state index contributed by atoms with van der Waals surface area (Å²) in [5, 5.41) is 10.6. The Kier molecular flexibility index (Phi) is 2.47. The summed E-state index contributed by atoms with van der Waals surface area (Å²) in [4.78, 5) is 5.27. The molecule has 0 amide bonds. The second-order valence-corrected chi connectivity index (χ2v) is 4.59. The van der Waals surface area contributed by atoms with Gasteiger partial charge in [-0.25, -0.2) is 4.98 Å². The Morgan fingerprint density at radius 2 is 2.50 bits per heavy atom. The minimum Gasteiger partial charge on any atom is -0.375 e. The van der Waals surface area contributed by atoms with Crippen molar-refractivity contribution in [2.24, 2.45) is 0 Å². The molecule has 2 rings (SSSR count). The van der Waals surface area contributed by atoms with Crippen molar-refractivity contribution in [1.29, 1.82) is 0 Å². The number of fused-ring (bicyclic) bond motifs is 1. The predicted octanol–water partition coefficient (Wildman–Crippen LogP) is 0.939. The lowest BCUT2D eigenvalue weighted by molar-refractivity contribution is -0.205. The summed E-state index contributed by atoms with van der Waals surface area (Å²) < 4.78 is 5.33. The number of nitrogens with two attached hydrogens (primary N) is 1. The average molecular weight is 214 g/mol. The van der Waals surface area contributed by atoms with Crippen molar-refractivity contribution in [3.63, 3.8) is 0 Å². The van der Waals surface area contributed by atoms with E-state index < -0.39 is 5.79 Å². The molecule has 1 heterocycles. The number of hydrogen-bond acceptors (Lipinski definition) is 5. The highest BCUT2D eigenvalue weighted by atomic mass is 32.1. The minimum atomic E-state index is -0.999. The zero-order valence-corrected chi connectivity index (χ0v) is 8.93. The van der Waals surface area contributed by atoms with Crippen LogP contribution in [0.1, 0.15) is 23.9 Å². The van der Waals surface area contributed by atoms with Crippen LogP contribution < -0.4 is 5.73 Å². The summed E-state index contributed by atoms with van der Waals surface area (Å²) in [5.74, 6) is -0.999. The van der Waals surface area contributed by atoms with Gasteiger partial charge in [0.2, 0.25) is 0 Å². The lowest BCUT2D eigenvalue weighted by Crippen LogP contribution is -2.38. The van der Waals surface area contributed by atoms with Crippen LogP contribution in [-0.2, 0) is 17.6 Å². The van der Waals surface area contributed by atoms with Gasteiger partial charge in [-0.2, -0.15) is 0 Å². The van der Waals surface area contributed by atoms with E-state index >= 15 is 0 Å². The van der Waals surface area contributed by atoms with Crippen LogP contribution in [0.5, 0.6) is 0 Å². The van der Waals surface area contributed by atoms with Crippen molar-refractivity contribution in [2.75, 3.05) is 12.3 Å². The van der Waals surface area contributed by atoms with Gasteiger partial charge in [-0.15, -0.1) is 11.3 Å². The van der Waals surface area contributed by atoms with Crippen molar-refractivity contribution >= 4 is 16.5 Å². The van der Waals surface area contributed by atoms with E-state index in [1.807, 2.05) is 6.92 Å². The largest absolute Gasteiger partial charge is 0.375 e. The van der Waals surface area contributed by atoms with Gasteiger partial charge in [-0.05, 0) is 13.3 Å². The summed E-state index contributed by atoms with van der Waals surface area (Å²) in [6.07, 6.45) is 1.88. The highest BCUT2D eigenvalue weighted by Gasteiger charge is 2.34. The number of rotatable bonds is 2. The van der Waals surface area contributed by atoms with Crippen LogP contribution in [0.4, 0.5) is 5.13 Å². The Morgan fingerprint density at radius 3 is 3.21 bits per heavy atom. The molecule has 0 fully saturated rings. The molecule has 0 saturated carbocycles. The van der Waals surface area contributed by atoms with Crippen molar-refractivity contribution in [3.05, 3.63) is 10.6 Å². The van der Waals surface area contributed by atoms with Crippen LogP contribution in [0.15, 0.2) is 0 Å². The molecular weight excluding hydrogens is 200 g/mol. The molecule has 0 saturated heterocycles. The third kappa shape index (κ3) is 1.75. The minimum absolute atomic E-state index is 0.519. The van der Waals surface area contributed by atoms with Crippen LogP contribution >= 0.6 is 11.3 Å². The lowest BCUT2D eigenvalue weighted by atomic mass is 9.96. The second-order valence-electron chi connectivity index (χ2n) is 3.48. The Balaban J connectivity index is 2.20. The fraction of sp³-hybridized carbons (Fsp3) is 0.667. The van der Waals surface area contributed by atoms with Crippen LogP contribution in [0.2, 0.25) is 0 Å². The Bertz CT molecular complexity index is 340. The molecule has 1 aliphatic carbocycles. The van der Waals surface area contributed by atoms with E-state index in [9.17, 15) is 5.11 Å². The van der Waals surface area contributed by atoms with Gasteiger partial charge in [-0.1, -0.05) is 0 Å². The van der Waals surface area contributed by atoms with E-state index in [4.69, 9.17) is 10.5 Å². The standard InChI is InChI=1S/C9H14N2O2S/c1-2-13-9(12)4-3-6-7(5-9)14-8(10)11-6/h12H,2-5H2,1H3,(H2,10,11). The summed E-state index contributed by atoms with van der Waals surface area (Å²) in [7, 11) is 0. The smallest absolute Gasteiger partial charge is 0.180 e. The maximum atomic E-state index is 10.0. The molecule has 0 spiro atoms. The maximum absolute atomic E-state index is 10.0. The van der Waals surface area contributed by atoms with Gasteiger partial charge in [0.1, 0.15) is 0 Å². The zero-order chi connectivity index (χ0) is 10.2. The molecule has 0 radical (unpaired) electrons. The molecule has 3 N–H and O–H groups in total. The molecule has 5 heteroatoms. The van der Waals surface area contributed by atoms with Gasteiger partial charge in [0.05, 0.1) is 5.69 Å². The SMILES string of the molecule is CCOC1(O)CCc2nc(N)sc2C1. The molecular formula is C9H14N2O2S. The zero-order valence-electron chi connectivity index (χ0n) is 8.12. The maximum Gasteiger partial charge on any atom is 0.180 e. The molecule has 0 aliphatic heterocycles. The molecule has 1 aromatic rings. The van der Waals surface area contributed by atoms with Gasteiger partial charge >= 0.3 is 0 Å². The van der Waals surface area contributed by atoms with Crippen LogP contribution in [-0.4, -0.2) is 22.5 Å². The number of thiazole rings is 1. The number of aromatic nitrogens is 1. The summed E-state index contributed by atoms with van der Waals surface area (Å²) in [6, 6.07) is 0. The van der Waals surface area contributed by atoms with Gasteiger partial charge in [-0.3, -0.25) is 0 Å². The first kappa shape index (κ1) is 9.89. The van der Waals surface area contributed by atoms with E-state index in [0.717, 1.165) is 17.0 Å². The van der Waals surface area contributed by atoms with Gasteiger partial charge in [0.15, 0.2) is 10.9 Å². The summed E-state index contributed by atoms with van der Waals surface area (Å²) in [5.41, 5.74) is 6.63.